The Kier molecular flexibility index (Phi) is 4.28. The maximum absolute atomic E-state index is 12.2. The van der Waals surface area contributed by atoms with Gasteiger partial charge >= 0.3 is 5.76 Å². The molecule has 0 aliphatic heterocycles. The van der Waals surface area contributed by atoms with E-state index in [9.17, 15) is 9.59 Å². The van der Waals surface area contributed by atoms with Crippen molar-refractivity contribution in [1.29, 1.82) is 0 Å². The molecule has 4 rings (SSSR count). The number of carbonyl (C=O) groups is 1. The fraction of sp³-hybridized carbons (Fsp3) is 0.368. The third-order valence-electron chi connectivity index (χ3n) is 4.73. The lowest BCUT2D eigenvalue weighted by Gasteiger charge is -2.08. The Morgan fingerprint density at radius 3 is 3.00 bits per heavy atom. The number of carbonyl (C=O) groups excluding carboxylic acids is 1. The SMILES string of the molecule is Cc1nc(CCNC(=O)Cn2c(=O)oc3ccccc32)nc2c1CCC2. The maximum Gasteiger partial charge on any atom is 0.420 e. The highest BCUT2D eigenvalue weighted by atomic mass is 16.4. The Bertz CT molecular complexity index is 1030. The first-order chi connectivity index (χ1) is 12.6. The summed E-state index contributed by atoms with van der Waals surface area (Å²) >= 11 is 0. The smallest absolute Gasteiger partial charge is 0.408 e. The van der Waals surface area contributed by atoms with Crippen molar-refractivity contribution in [2.75, 3.05) is 6.54 Å². The Morgan fingerprint density at radius 1 is 1.27 bits per heavy atom. The second-order valence-electron chi connectivity index (χ2n) is 6.53. The molecular formula is C19H20N4O3. The summed E-state index contributed by atoms with van der Waals surface area (Å²) in [6.07, 6.45) is 3.78. The van der Waals surface area contributed by atoms with Crippen LogP contribution in [0.2, 0.25) is 0 Å². The Balaban J connectivity index is 1.38. The van der Waals surface area contributed by atoms with E-state index in [1.54, 1.807) is 24.3 Å². The number of para-hydroxylation sites is 2. The fourth-order valence-electron chi connectivity index (χ4n) is 3.47. The molecule has 3 aromatic rings. The third-order valence-corrected chi connectivity index (χ3v) is 4.73. The lowest BCUT2D eigenvalue weighted by atomic mass is 10.2. The van der Waals surface area contributed by atoms with Gasteiger partial charge in [0.1, 0.15) is 12.4 Å². The largest absolute Gasteiger partial charge is 0.420 e. The van der Waals surface area contributed by atoms with Crippen molar-refractivity contribution in [1.82, 2.24) is 19.9 Å². The normalized spacial score (nSPS) is 13.1. The maximum atomic E-state index is 12.2. The van der Waals surface area contributed by atoms with E-state index < -0.39 is 5.76 Å². The zero-order chi connectivity index (χ0) is 18.1. The molecule has 0 fully saturated rings. The van der Waals surface area contributed by atoms with Crippen LogP contribution < -0.4 is 11.1 Å². The number of aryl methyl sites for hydroxylation is 2. The van der Waals surface area contributed by atoms with Crippen molar-refractivity contribution in [3.63, 3.8) is 0 Å². The van der Waals surface area contributed by atoms with E-state index in [0.717, 1.165) is 36.5 Å². The lowest BCUT2D eigenvalue weighted by molar-refractivity contribution is -0.121. The summed E-state index contributed by atoms with van der Waals surface area (Å²) in [5, 5.41) is 2.83. The third kappa shape index (κ3) is 3.12. The average molecular weight is 352 g/mol. The van der Waals surface area contributed by atoms with Crippen LogP contribution in [-0.4, -0.2) is 27.0 Å². The summed E-state index contributed by atoms with van der Waals surface area (Å²) in [6, 6.07) is 7.06. The standard InChI is InChI=1S/C19H20N4O3/c1-12-13-5-4-6-14(13)22-17(21-12)9-10-20-18(24)11-23-15-7-2-3-8-16(15)26-19(23)25/h2-3,7-8H,4-6,9-11H2,1H3,(H,20,24). The lowest BCUT2D eigenvalue weighted by Crippen LogP contribution is -2.32. The van der Waals surface area contributed by atoms with E-state index in [4.69, 9.17) is 4.42 Å². The molecule has 0 atom stereocenters. The van der Waals surface area contributed by atoms with Crippen LogP contribution in [0.25, 0.3) is 11.1 Å². The van der Waals surface area contributed by atoms with Gasteiger partial charge in [-0.25, -0.2) is 14.8 Å². The molecule has 0 radical (unpaired) electrons. The quantitative estimate of drug-likeness (QED) is 0.752. The Morgan fingerprint density at radius 2 is 2.12 bits per heavy atom. The number of fused-ring (bicyclic) bond motifs is 2. The molecule has 134 valence electrons. The first-order valence-corrected chi connectivity index (χ1v) is 8.82. The highest BCUT2D eigenvalue weighted by molar-refractivity contribution is 5.79. The van der Waals surface area contributed by atoms with Crippen LogP contribution in [0.15, 0.2) is 33.5 Å². The highest BCUT2D eigenvalue weighted by Gasteiger charge is 2.17. The van der Waals surface area contributed by atoms with Gasteiger partial charge in [0.25, 0.3) is 0 Å². The molecule has 0 bridgehead atoms. The molecule has 26 heavy (non-hydrogen) atoms. The Hall–Kier alpha value is -2.96. The van der Waals surface area contributed by atoms with Gasteiger partial charge in [-0.1, -0.05) is 12.1 Å². The van der Waals surface area contributed by atoms with Gasteiger partial charge in [-0.3, -0.25) is 9.36 Å². The van der Waals surface area contributed by atoms with Crippen LogP contribution in [0.3, 0.4) is 0 Å². The van der Waals surface area contributed by atoms with Gasteiger partial charge in [-0.2, -0.15) is 0 Å². The van der Waals surface area contributed by atoms with E-state index in [2.05, 4.69) is 15.3 Å². The van der Waals surface area contributed by atoms with Gasteiger partial charge in [0, 0.05) is 24.4 Å². The van der Waals surface area contributed by atoms with E-state index in [1.165, 1.54) is 10.1 Å². The molecule has 7 nitrogen and oxygen atoms in total. The molecule has 0 saturated heterocycles. The summed E-state index contributed by atoms with van der Waals surface area (Å²) in [7, 11) is 0. The summed E-state index contributed by atoms with van der Waals surface area (Å²) in [5.74, 6) is -0.00940. The number of benzene rings is 1. The topological polar surface area (TPSA) is 90.0 Å². The van der Waals surface area contributed by atoms with Crippen molar-refractivity contribution >= 4 is 17.0 Å². The molecule has 1 amide bonds. The molecule has 1 aliphatic rings. The molecular weight excluding hydrogens is 332 g/mol. The van der Waals surface area contributed by atoms with Crippen LogP contribution in [-0.2, 0) is 30.6 Å². The molecule has 1 aromatic carbocycles. The molecule has 2 aromatic heterocycles. The van der Waals surface area contributed by atoms with Crippen LogP contribution in [0.5, 0.6) is 0 Å². The van der Waals surface area contributed by atoms with E-state index >= 15 is 0 Å². The molecule has 0 unspecified atom stereocenters. The van der Waals surface area contributed by atoms with Crippen LogP contribution in [0.1, 0.15) is 29.2 Å². The summed E-state index contributed by atoms with van der Waals surface area (Å²) in [6.45, 7) is 2.38. The zero-order valence-corrected chi connectivity index (χ0v) is 14.6. The molecule has 0 spiro atoms. The number of rotatable bonds is 5. The summed E-state index contributed by atoms with van der Waals surface area (Å²) in [4.78, 5) is 33.3. The van der Waals surface area contributed by atoms with Gasteiger partial charge in [0.2, 0.25) is 5.91 Å². The Labute approximate surface area is 150 Å². The van der Waals surface area contributed by atoms with Crippen LogP contribution in [0, 0.1) is 6.92 Å². The van der Waals surface area contributed by atoms with Crippen molar-refractivity contribution in [2.24, 2.45) is 0 Å². The second-order valence-corrected chi connectivity index (χ2v) is 6.53. The predicted octanol–water partition coefficient (Wildman–Crippen LogP) is 1.54. The number of aromatic nitrogens is 3. The number of hydrogen-bond donors (Lipinski definition) is 1. The van der Waals surface area contributed by atoms with E-state index in [-0.39, 0.29) is 12.5 Å². The van der Waals surface area contributed by atoms with E-state index in [0.29, 0.717) is 24.1 Å². The number of oxazole rings is 1. The number of nitrogens with zero attached hydrogens (tertiary/aromatic N) is 3. The van der Waals surface area contributed by atoms with Gasteiger partial charge in [-0.15, -0.1) is 0 Å². The monoisotopic (exact) mass is 352 g/mol. The zero-order valence-electron chi connectivity index (χ0n) is 14.6. The predicted molar refractivity (Wildman–Crippen MR) is 96.0 cm³/mol. The minimum atomic E-state index is -0.529. The van der Waals surface area contributed by atoms with Gasteiger partial charge in [0.05, 0.1) is 5.52 Å². The first kappa shape index (κ1) is 16.5. The molecule has 1 aliphatic carbocycles. The van der Waals surface area contributed by atoms with Crippen LogP contribution in [0.4, 0.5) is 0 Å². The number of hydrogen-bond acceptors (Lipinski definition) is 5. The molecule has 2 heterocycles. The fourth-order valence-corrected chi connectivity index (χ4v) is 3.47. The summed E-state index contributed by atoms with van der Waals surface area (Å²) in [5.41, 5.74) is 4.57. The highest BCUT2D eigenvalue weighted by Crippen LogP contribution is 2.22. The average Bonchev–Trinajstić information content (AvgIpc) is 3.20. The first-order valence-electron chi connectivity index (χ1n) is 8.82. The van der Waals surface area contributed by atoms with Crippen molar-refractivity contribution < 1.29 is 9.21 Å². The summed E-state index contributed by atoms with van der Waals surface area (Å²) < 4.78 is 6.47. The van der Waals surface area contributed by atoms with Crippen molar-refractivity contribution in [2.45, 2.75) is 39.2 Å². The van der Waals surface area contributed by atoms with E-state index in [1.807, 2.05) is 6.92 Å². The van der Waals surface area contributed by atoms with Gasteiger partial charge in [0.15, 0.2) is 5.58 Å². The van der Waals surface area contributed by atoms with Gasteiger partial charge < -0.3 is 9.73 Å². The minimum absolute atomic E-state index is 0.0695. The molecule has 7 heteroatoms. The molecule has 1 N–H and O–H groups in total. The van der Waals surface area contributed by atoms with Crippen LogP contribution >= 0.6 is 0 Å². The minimum Gasteiger partial charge on any atom is -0.408 e. The van der Waals surface area contributed by atoms with Gasteiger partial charge in [-0.05, 0) is 43.9 Å². The number of amides is 1. The second kappa shape index (κ2) is 6.74. The number of nitrogens with one attached hydrogen (secondary N) is 1. The van der Waals surface area contributed by atoms with Crippen molar-refractivity contribution in [3.05, 3.63) is 57.6 Å². The van der Waals surface area contributed by atoms with Crippen molar-refractivity contribution in [3.8, 4) is 0 Å². The molecule has 0 saturated carbocycles.